The number of ether oxygens (including phenoxy) is 1. The standard InChI is InChI=1S/C16H21F2N3O4/c1-15(2,3)25-12(22)5-9-4-11(20-13(9)23)14(24)21-8-16(17,18)6-10(21)7-19/h9-11H,4-6,8H2,1-3H3,(H,20,23)/t9-,10-,11-/m0/s1. The highest BCUT2D eigenvalue weighted by atomic mass is 19.3. The largest absolute Gasteiger partial charge is 0.460 e. The highest BCUT2D eigenvalue weighted by molar-refractivity contribution is 5.94. The molecule has 2 aliphatic heterocycles. The third kappa shape index (κ3) is 4.65. The molecule has 138 valence electrons. The quantitative estimate of drug-likeness (QED) is 0.759. The number of nitriles is 1. The van der Waals surface area contributed by atoms with E-state index in [0.717, 1.165) is 4.90 Å². The molecule has 7 nitrogen and oxygen atoms in total. The Balaban J connectivity index is 1.99. The van der Waals surface area contributed by atoms with E-state index < -0.39 is 60.3 Å². The van der Waals surface area contributed by atoms with Gasteiger partial charge in [-0.3, -0.25) is 14.4 Å². The van der Waals surface area contributed by atoms with Crippen molar-refractivity contribution in [2.45, 2.75) is 63.6 Å². The number of alkyl halides is 2. The first-order valence-corrected chi connectivity index (χ1v) is 8.02. The average molecular weight is 357 g/mol. The average Bonchev–Trinajstić information content (AvgIpc) is 2.96. The number of halogens is 2. The zero-order valence-corrected chi connectivity index (χ0v) is 14.3. The monoisotopic (exact) mass is 357 g/mol. The number of nitrogens with zero attached hydrogens (tertiary/aromatic N) is 2. The molecule has 0 unspecified atom stereocenters. The van der Waals surface area contributed by atoms with Crippen molar-refractivity contribution in [3.05, 3.63) is 0 Å². The Morgan fingerprint density at radius 2 is 2.08 bits per heavy atom. The molecule has 2 amide bonds. The van der Waals surface area contributed by atoms with Crippen LogP contribution in [0, 0.1) is 17.2 Å². The second kappa shape index (κ2) is 6.58. The number of rotatable bonds is 3. The van der Waals surface area contributed by atoms with Crippen molar-refractivity contribution in [1.82, 2.24) is 10.2 Å². The molecular weight excluding hydrogens is 336 g/mol. The summed E-state index contributed by atoms with van der Waals surface area (Å²) in [5.74, 6) is -5.66. The molecule has 0 bridgehead atoms. The van der Waals surface area contributed by atoms with Gasteiger partial charge in [-0.15, -0.1) is 0 Å². The van der Waals surface area contributed by atoms with Gasteiger partial charge in [-0.1, -0.05) is 0 Å². The Labute approximate surface area is 144 Å². The molecule has 0 aromatic carbocycles. The van der Waals surface area contributed by atoms with E-state index in [-0.39, 0.29) is 12.8 Å². The maximum Gasteiger partial charge on any atom is 0.307 e. The predicted octanol–water partition coefficient (Wildman–Crippen LogP) is 0.983. The van der Waals surface area contributed by atoms with Crippen LogP contribution in [0.2, 0.25) is 0 Å². The summed E-state index contributed by atoms with van der Waals surface area (Å²) < 4.78 is 32.1. The molecule has 3 atom stereocenters. The van der Waals surface area contributed by atoms with Crippen LogP contribution < -0.4 is 5.32 Å². The van der Waals surface area contributed by atoms with Gasteiger partial charge in [-0.25, -0.2) is 8.78 Å². The topological polar surface area (TPSA) is 99.5 Å². The van der Waals surface area contributed by atoms with E-state index in [1.165, 1.54) is 0 Å². The minimum Gasteiger partial charge on any atom is -0.460 e. The molecule has 2 rings (SSSR count). The van der Waals surface area contributed by atoms with Crippen LogP contribution in [0.4, 0.5) is 8.78 Å². The summed E-state index contributed by atoms with van der Waals surface area (Å²) >= 11 is 0. The minimum absolute atomic E-state index is 0.0110. The van der Waals surface area contributed by atoms with Crippen LogP contribution in [0.25, 0.3) is 0 Å². The molecule has 0 radical (unpaired) electrons. The molecule has 9 heteroatoms. The Bertz CT molecular complexity index is 624. The Morgan fingerprint density at radius 3 is 2.64 bits per heavy atom. The molecule has 0 aliphatic carbocycles. The first-order valence-electron chi connectivity index (χ1n) is 8.02. The van der Waals surface area contributed by atoms with E-state index in [2.05, 4.69) is 5.32 Å². The van der Waals surface area contributed by atoms with Gasteiger partial charge >= 0.3 is 5.97 Å². The van der Waals surface area contributed by atoms with Gasteiger partial charge in [0.15, 0.2) is 0 Å². The van der Waals surface area contributed by atoms with Crippen molar-refractivity contribution in [3.8, 4) is 6.07 Å². The normalized spacial score (nSPS) is 28.4. The van der Waals surface area contributed by atoms with E-state index in [1.54, 1.807) is 26.8 Å². The number of carbonyl (C=O) groups is 3. The lowest BCUT2D eigenvalue weighted by molar-refractivity contribution is -0.157. The van der Waals surface area contributed by atoms with Gasteiger partial charge in [0.25, 0.3) is 5.92 Å². The highest BCUT2D eigenvalue weighted by Gasteiger charge is 2.50. The molecule has 25 heavy (non-hydrogen) atoms. The summed E-state index contributed by atoms with van der Waals surface area (Å²) in [5, 5.41) is 11.4. The molecule has 0 aromatic heterocycles. The second-order valence-corrected chi connectivity index (χ2v) is 7.46. The zero-order valence-electron chi connectivity index (χ0n) is 14.3. The lowest BCUT2D eigenvalue weighted by Gasteiger charge is -2.22. The molecule has 2 heterocycles. The van der Waals surface area contributed by atoms with Crippen LogP contribution in [0.1, 0.15) is 40.0 Å². The van der Waals surface area contributed by atoms with Crippen LogP contribution in [-0.2, 0) is 19.1 Å². The maximum atomic E-state index is 13.5. The third-order valence-corrected chi connectivity index (χ3v) is 4.04. The van der Waals surface area contributed by atoms with Gasteiger partial charge < -0.3 is 15.0 Å². The van der Waals surface area contributed by atoms with Crippen LogP contribution in [0.15, 0.2) is 0 Å². The summed E-state index contributed by atoms with van der Waals surface area (Å²) in [6, 6.07) is -0.535. The number of hydrogen-bond donors (Lipinski definition) is 1. The van der Waals surface area contributed by atoms with Crippen molar-refractivity contribution < 1.29 is 27.9 Å². The van der Waals surface area contributed by atoms with Gasteiger partial charge in [0.1, 0.15) is 17.7 Å². The van der Waals surface area contributed by atoms with Crippen molar-refractivity contribution in [2.75, 3.05) is 6.54 Å². The smallest absolute Gasteiger partial charge is 0.307 e. The molecular formula is C16H21F2N3O4. The number of likely N-dealkylation sites (tertiary alicyclic amines) is 1. The fraction of sp³-hybridized carbons (Fsp3) is 0.750. The van der Waals surface area contributed by atoms with Crippen LogP contribution in [-0.4, -0.2) is 52.8 Å². The lowest BCUT2D eigenvalue weighted by atomic mass is 10.0. The van der Waals surface area contributed by atoms with Crippen LogP contribution >= 0.6 is 0 Å². The van der Waals surface area contributed by atoms with E-state index in [4.69, 9.17) is 10.00 Å². The minimum atomic E-state index is -3.12. The van der Waals surface area contributed by atoms with Gasteiger partial charge in [-0.2, -0.15) is 5.26 Å². The SMILES string of the molecule is CC(C)(C)OC(=O)C[C@@H]1C[C@@H](C(=O)N2CC(F)(F)C[C@H]2C#N)NC1=O. The number of carbonyl (C=O) groups excluding carboxylic acids is 3. The third-order valence-electron chi connectivity index (χ3n) is 4.04. The number of esters is 1. The summed E-state index contributed by atoms with van der Waals surface area (Å²) in [5.41, 5.74) is -0.692. The van der Waals surface area contributed by atoms with Gasteiger partial charge in [-0.05, 0) is 27.2 Å². The number of hydrogen-bond acceptors (Lipinski definition) is 5. The van der Waals surface area contributed by atoms with Crippen molar-refractivity contribution >= 4 is 17.8 Å². The molecule has 2 aliphatic rings. The number of nitrogens with one attached hydrogen (secondary N) is 1. The molecule has 1 N–H and O–H groups in total. The van der Waals surface area contributed by atoms with E-state index in [9.17, 15) is 23.2 Å². The fourth-order valence-corrected chi connectivity index (χ4v) is 3.03. The maximum absolute atomic E-state index is 13.5. The lowest BCUT2D eigenvalue weighted by Crippen LogP contribution is -2.46. The molecule has 2 saturated heterocycles. The summed E-state index contributed by atoms with van der Waals surface area (Å²) in [4.78, 5) is 37.0. The van der Waals surface area contributed by atoms with Crippen LogP contribution in [0.5, 0.6) is 0 Å². The van der Waals surface area contributed by atoms with Gasteiger partial charge in [0, 0.05) is 6.42 Å². The highest BCUT2D eigenvalue weighted by Crippen LogP contribution is 2.33. The molecule has 0 spiro atoms. The van der Waals surface area contributed by atoms with E-state index in [0.29, 0.717) is 0 Å². The first-order chi connectivity index (χ1) is 11.4. The van der Waals surface area contributed by atoms with Crippen molar-refractivity contribution in [1.29, 1.82) is 5.26 Å². The Morgan fingerprint density at radius 1 is 1.44 bits per heavy atom. The van der Waals surface area contributed by atoms with E-state index in [1.807, 2.05) is 0 Å². The predicted molar refractivity (Wildman–Crippen MR) is 81.2 cm³/mol. The summed E-state index contributed by atoms with van der Waals surface area (Å²) in [6.07, 6.45) is -0.890. The van der Waals surface area contributed by atoms with Crippen LogP contribution in [0.3, 0.4) is 0 Å². The zero-order chi connectivity index (χ0) is 19.0. The Hall–Kier alpha value is -2.24. The molecule has 0 aromatic rings. The van der Waals surface area contributed by atoms with Crippen molar-refractivity contribution in [3.63, 3.8) is 0 Å². The Kier molecular flexibility index (Phi) is 5.02. The molecule has 0 saturated carbocycles. The van der Waals surface area contributed by atoms with Gasteiger partial charge in [0.05, 0.1) is 25.0 Å². The fourth-order valence-electron chi connectivity index (χ4n) is 3.03. The van der Waals surface area contributed by atoms with E-state index >= 15 is 0 Å². The first kappa shape index (κ1) is 19.1. The summed E-state index contributed by atoms with van der Waals surface area (Å²) in [7, 11) is 0. The van der Waals surface area contributed by atoms with Crippen molar-refractivity contribution in [2.24, 2.45) is 5.92 Å². The number of amides is 2. The second-order valence-electron chi connectivity index (χ2n) is 7.46. The summed E-state index contributed by atoms with van der Waals surface area (Å²) in [6.45, 7) is 4.25. The van der Waals surface area contributed by atoms with Gasteiger partial charge in [0.2, 0.25) is 11.8 Å². The molecule has 2 fully saturated rings.